The van der Waals surface area contributed by atoms with Gasteiger partial charge in [0.15, 0.2) is 0 Å². The number of pyridine rings is 1. The first-order valence-corrected chi connectivity index (χ1v) is 6.78. The maximum absolute atomic E-state index is 12.1. The second-order valence-electron chi connectivity index (χ2n) is 4.59. The van der Waals surface area contributed by atoms with Crippen LogP contribution in [0, 0.1) is 20.8 Å². The molecule has 1 amide bonds. The van der Waals surface area contributed by atoms with Crippen molar-refractivity contribution >= 4 is 27.7 Å². The van der Waals surface area contributed by atoms with E-state index in [1.807, 2.05) is 45.0 Å². The highest BCUT2D eigenvalue weighted by atomic mass is 79.9. The van der Waals surface area contributed by atoms with E-state index in [4.69, 9.17) is 0 Å². The summed E-state index contributed by atoms with van der Waals surface area (Å²) in [6, 6.07) is 9.34. The van der Waals surface area contributed by atoms with E-state index in [0.717, 1.165) is 21.3 Å². The Kier molecular flexibility index (Phi) is 4.00. The van der Waals surface area contributed by atoms with Gasteiger partial charge in [-0.15, -0.1) is 0 Å². The molecule has 0 fully saturated rings. The maximum atomic E-state index is 12.1. The molecule has 4 heteroatoms. The highest BCUT2D eigenvalue weighted by Crippen LogP contribution is 2.18. The van der Waals surface area contributed by atoms with Gasteiger partial charge in [0.25, 0.3) is 5.91 Å². The summed E-state index contributed by atoms with van der Waals surface area (Å²) < 4.78 is 0.994. The number of benzene rings is 1. The van der Waals surface area contributed by atoms with Gasteiger partial charge in [-0.3, -0.25) is 4.79 Å². The molecule has 0 atom stereocenters. The van der Waals surface area contributed by atoms with Gasteiger partial charge in [-0.25, -0.2) is 4.98 Å². The molecule has 0 aliphatic rings. The molecule has 1 aromatic carbocycles. The number of hydrogen-bond acceptors (Lipinski definition) is 2. The van der Waals surface area contributed by atoms with E-state index < -0.39 is 0 Å². The van der Waals surface area contributed by atoms with Crippen LogP contribution in [0.15, 0.2) is 34.8 Å². The number of anilines is 1. The van der Waals surface area contributed by atoms with Gasteiger partial charge < -0.3 is 5.32 Å². The predicted octanol–water partition coefficient (Wildman–Crippen LogP) is 4.02. The van der Waals surface area contributed by atoms with Gasteiger partial charge in [-0.1, -0.05) is 15.9 Å². The van der Waals surface area contributed by atoms with Gasteiger partial charge in [0.05, 0.1) is 0 Å². The van der Waals surface area contributed by atoms with Gasteiger partial charge in [0, 0.05) is 15.7 Å². The fourth-order valence-corrected chi connectivity index (χ4v) is 2.13. The van der Waals surface area contributed by atoms with Crippen LogP contribution in [0.1, 0.15) is 27.2 Å². The molecule has 0 spiro atoms. The Morgan fingerprint density at radius 2 is 1.89 bits per heavy atom. The molecule has 1 aromatic heterocycles. The number of nitrogens with one attached hydrogen (secondary N) is 1. The number of amides is 1. The second-order valence-corrected chi connectivity index (χ2v) is 5.44. The zero-order valence-corrected chi connectivity index (χ0v) is 12.7. The number of aromatic nitrogens is 1. The minimum Gasteiger partial charge on any atom is -0.307 e. The quantitative estimate of drug-likeness (QED) is 0.908. The Balaban J connectivity index is 2.22. The lowest BCUT2D eigenvalue weighted by atomic mass is 10.1. The van der Waals surface area contributed by atoms with E-state index in [2.05, 4.69) is 26.2 Å². The third-order valence-electron chi connectivity index (χ3n) is 2.76. The number of halogens is 1. The summed E-state index contributed by atoms with van der Waals surface area (Å²) in [7, 11) is 0. The summed E-state index contributed by atoms with van der Waals surface area (Å²) in [5.74, 6) is 0.441. The van der Waals surface area contributed by atoms with Crippen molar-refractivity contribution in [2.75, 3.05) is 5.32 Å². The molecule has 3 nitrogen and oxygen atoms in total. The van der Waals surface area contributed by atoms with Gasteiger partial charge in [-0.05, 0) is 62.2 Å². The number of aryl methyl sites for hydroxylation is 3. The Bertz CT molecular complexity index is 618. The zero-order valence-electron chi connectivity index (χ0n) is 11.1. The van der Waals surface area contributed by atoms with E-state index in [1.54, 1.807) is 6.07 Å². The van der Waals surface area contributed by atoms with E-state index in [-0.39, 0.29) is 5.91 Å². The van der Waals surface area contributed by atoms with Gasteiger partial charge in [-0.2, -0.15) is 0 Å². The molecule has 0 unspecified atom stereocenters. The van der Waals surface area contributed by atoms with E-state index in [9.17, 15) is 4.79 Å². The molecule has 0 aliphatic heterocycles. The van der Waals surface area contributed by atoms with Gasteiger partial charge in [0.1, 0.15) is 5.82 Å². The third kappa shape index (κ3) is 3.41. The van der Waals surface area contributed by atoms with Crippen LogP contribution >= 0.6 is 15.9 Å². The summed E-state index contributed by atoms with van der Waals surface area (Å²) in [4.78, 5) is 16.4. The maximum Gasteiger partial charge on any atom is 0.256 e. The van der Waals surface area contributed by atoms with Crippen LogP contribution in [0.3, 0.4) is 0 Å². The van der Waals surface area contributed by atoms with Crippen molar-refractivity contribution in [1.82, 2.24) is 4.98 Å². The fraction of sp³-hybridized carbons (Fsp3) is 0.200. The average Bonchev–Trinajstić information content (AvgIpc) is 2.31. The lowest BCUT2D eigenvalue weighted by molar-refractivity contribution is 0.102. The van der Waals surface area contributed by atoms with E-state index in [0.29, 0.717) is 11.4 Å². The van der Waals surface area contributed by atoms with Gasteiger partial charge in [0.2, 0.25) is 0 Å². The van der Waals surface area contributed by atoms with Crippen LogP contribution in [-0.4, -0.2) is 10.9 Å². The Labute approximate surface area is 121 Å². The number of nitrogens with zero attached hydrogens (tertiary/aromatic N) is 1. The molecule has 1 N–H and O–H groups in total. The van der Waals surface area contributed by atoms with Crippen LogP contribution in [-0.2, 0) is 0 Å². The molecule has 0 saturated heterocycles. The number of carbonyl (C=O) groups is 1. The topological polar surface area (TPSA) is 42.0 Å². The first kappa shape index (κ1) is 13.7. The summed E-state index contributed by atoms with van der Waals surface area (Å²) in [6.45, 7) is 5.84. The van der Waals surface area contributed by atoms with Crippen LogP contribution in [0.5, 0.6) is 0 Å². The number of rotatable bonds is 2. The Hall–Kier alpha value is -1.68. The minimum atomic E-state index is -0.145. The van der Waals surface area contributed by atoms with Crippen LogP contribution in [0.4, 0.5) is 5.82 Å². The Morgan fingerprint density at radius 1 is 1.16 bits per heavy atom. The molecule has 19 heavy (non-hydrogen) atoms. The lowest BCUT2D eigenvalue weighted by Crippen LogP contribution is -2.13. The third-order valence-corrected chi connectivity index (χ3v) is 3.65. The number of hydrogen-bond donors (Lipinski definition) is 1. The molecule has 2 rings (SSSR count). The molecule has 0 saturated carbocycles. The summed E-state index contributed by atoms with van der Waals surface area (Å²) in [5, 5.41) is 2.82. The minimum absolute atomic E-state index is 0.145. The second kappa shape index (κ2) is 5.53. The SMILES string of the molecule is Cc1cc(C)nc(NC(=O)c2ccc(Br)c(C)c2)c1. The Morgan fingerprint density at radius 3 is 2.53 bits per heavy atom. The smallest absolute Gasteiger partial charge is 0.256 e. The first-order valence-electron chi connectivity index (χ1n) is 5.98. The molecule has 0 bridgehead atoms. The molecule has 0 radical (unpaired) electrons. The van der Waals surface area contributed by atoms with Crippen molar-refractivity contribution in [3.8, 4) is 0 Å². The van der Waals surface area contributed by atoms with Crippen molar-refractivity contribution in [3.63, 3.8) is 0 Å². The fourth-order valence-electron chi connectivity index (χ4n) is 1.88. The van der Waals surface area contributed by atoms with E-state index >= 15 is 0 Å². The first-order chi connectivity index (χ1) is 8.95. The van der Waals surface area contributed by atoms with Crippen LogP contribution in [0.2, 0.25) is 0 Å². The molecular weight excluding hydrogens is 304 g/mol. The monoisotopic (exact) mass is 318 g/mol. The largest absolute Gasteiger partial charge is 0.307 e. The lowest BCUT2D eigenvalue weighted by Gasteiger charge is -2.07. The zero-order chi connectivity index (χ0) is 14.0. The van der Waals surface area contributed by atoms with Crippen LogP contribution in [0.25, 0.3) is 0 Å². The normalized spacial score (nSPS) is 10.3. The van der Waals surface area contributed by atoms with Crippen molar-refractivity contribution in [2.45, 2.75) is 20.8 Å². The average molecular weight is 319 g/mol. The highest BCUT2D eigenvalue weighted by molar-refractivity contribution is 9.10. The summed E-state index contributed by atoms with van der Waals surface area (Å²) >= 11 is 3.42. The van der Waals surface area contributed by atoms with Crippen molar-refractivity contribution in [1.29, 1.82) is 0 Å². The molecule has 0 aliphatic carbocycles. The number of carbonyl (C=O) groups excluding carboxylic acids is 1. The standard InChI is InChI=1S/C15H15BrN2O/c1-9-6-11(3)17-14(7-9)18-15(19)12-4-5-13(16)10(2)8-12/h4-8H,1-3H3,(H,17,18,19). The summed E-state index contributed by atoms with van der Waals surface area (Å²) in [6.07, 6.45) is 0. The predicted molar refractivity (Wildman–Crippen MR) is 80.5 cm³/mol. The van der Waals surface area contributed by atoms with E-state index in [1.165, 1.54) is 0 Å². The van der Waals surface area contributed by atoms with Gasteiger partial charge >= 0.3 is 0 Å². The highest BCUT2D eigenvalue weighted by Gasteiger charge is 2.08. The molecular formula is C15H15BrN2O. The van der Waals surface area contributed by atoms with Crippen molar-refractivity contribution in [3.05, 3.63) is 57.2 Å². The molecule has 1 heterocycles. The summed E-state index contributed by atoms with van der Waals surface area (Å²) in [5.41, 5.74) is 3.62. The van der Waals surface area contributed by atoms with Crippen molar-refractivity contribution < 1.29 is 4.79 Å². The molecule has 2 aromatic rings. The molecule has 98 valence electrons. The van der Waals surface area contributed by atoms with Crippen molar-refractivity contribution in [2.24, 2.45) is 0 Å². The van der Waals surface area contributed by atoms with Crippen LogP contribution < -0.4 is 5.32 Å².